The fourth-order valence-corrected chi connectivity index (χ4v) is 3.67. The lowest BCUT2D eigenvalue weighted by Gasteiger charge is -2.18. The van der Waals surface area contributed by atoms with Crippen LogP contribution < -0.4 is 10.6 Å². The lowest BCUT2D eigenvalue weighted by molar-refractivity contribution is 0.300. The van der Waals surface area contributed by atoms with Gasteiger partial charge in [-0.2, -0.15) is 5.10 Å². The number of hydrogen-bond donors (Lipinski definition) is 2. The number of thiocarbonyl (C=S) groups is 1. The van der Waals surface area contributed by atoms with E-state index in [-0.39, 0.29) is 0 Å². The summed E-state index contributed by atoms with van der Waals surface area (Å²) in [5.41, 5.74) is 0.944. The molecule has 0 unspecified atom stereocenters. The molecule has 5 nitrogen and oxygen atoms in total. The molecule has 2 rings (SSSR count). The van der Waals surface area contributed by atoms with E-state index in [2.05, 4.69) is 50.4 Å². The Morgan fingerprint density at radius 1 is 1.30 bits per heavy atom. The monoisotopic (exact) mass is 491 g/mol. The van der Waals surface area contributed by atoms with Crippen molar-refractivity contribution in [2.45, 2.75) is 26.8 Å². The van der Waals surface area contributed by atoms with E-state index < -0.39 is 0 Å². The van der Waals surface area contributed by atoms with Crippen LogP contribution in [0.3, 0.4) is 0 Å². The minimum Gasteiger partial charge on any atom is -0.362 e. The molecule has 0 fully saturated rings. The molecule has 1 aromatic carbocycles. The third-order valence-electron chi connectivity index (χ3n) is 4.13. The number of aromatic nitrogens is 2. The minimum atomic E-state index is 0.542. The molecule has 1 aromatic heterocycles. The molecule has 0 atom stereocenters. The van der Waals surface area contributed by atoms with Crippen LogP contribution in [0, 0.1) is 0 Å². The second kappa shape index (κ2) is 11.2. The predicted molar refractivity (Wildman–Crippen MR) is 122 cm³/mol. The Morgan fingerprint density at radius 3 is 2.70 bits per heavy atom. The van der Waals surface area contributed by atoms with Gasteiger partial charge in [0.25, 0.3) is 0 Å². The van der Waals surface area contributed by atoms with Crippen molar-refractivity contribution < 1.29 is 0 Å². The van der Waals surface area contributed by atoms with Gasteiger partial charge in [0.05, 0.1) is 11.0 Å². The van der Waals surface area contributed by atoms with Gasteiger partial charge in [0, 0.05) is 22.8 Å². The molecule has 2 aromatic rings. The number of halogens is 3. The van der Waals surface area contributed by atoms with Crippen molar-refractivity contribution in [2.24, 2.45) is 0 Å². The smallest absolute Gasteiger partial charge is 0.172 e. The topological polar surface area (TPSA) is 45.1 Å². The molecule has 0 aliphatic heterocycles. The largest absolute Gasteiger partial charge is 0.362 e. The van der Waals surface area contributed by atoms with Crippen LogP contribution in [-0.2, 0) is 6.54 Å². The quantitative estimate of drug-likeness (QED) is 0.380. The van der Waals surface area contributed by atoms with Gasteiger partial charge in [-0.1, -0.05) is 43.1 Å². The number of nitrogens with zero attached hydrogens (tertiary/aromatic N) is 3. The molecule has 0 amide bonds. The number of anilines is 1. The van der Waals surface area contributed by atoms with E-state index in [1.165, 1.54) is 0 Å². The van der Waals surface area contributed by atoms with Crippen molar-refractivity contribution in [3.8, 4) is 0 Å². The Labute approximate surface area is 184 Å². The van der Waals surface area contributed by atoms with Crippen LogP contribution in [0.2, 0.25) is 10.0 Å². The molecule has 148 valence electrons. The van der Waals surface area contributed by atoms with Gasteiger partial charge in [0.2, 0.25) is 0 Å². The number of nitrogens with one attached hydrogen (secondary N) is 2. The molecule has 2 N–H and O–H groups in total. The van der Waals surface area contributed by atoms with E-state index >= 15 is 0 Å². The van der Waals surface area contributed by atoms with E-state index in [1.807, 2.05) is 18.3 Å². The van der Waals surface area contributed by atoms with E-state index in [4.69, 9.17) is 35.4 Å². The van der Waals surface area contributed by atoms with Gasteiger partial charge < -0.3 is 15.5 Å². The first-order valence-electron chi connectivity index (χ1n) is 8.87. The average Bonchev–Trinajstić information content (AvgIpc) is 2.96. The molecule has 0 saturated carbocycles. The van der Waals surface area contributed by atoms with Gasteiger partial charge in [-0.3, -0.25) is 4.68 Å². The van der Waals surface area contributed by atoms with Crippen LogP contribution in [0.5, 0.6) is 0 Å². The fourth-order valence-electron chi connectivity index (χ4n) is 2.58. The van der Waals surface area contributed by atoms with E-state index in [0.29, 0.717) is 27.5 Å². The van der Waals surface area contributed by atoms with Gasteiger partial charge in [-0.15, -0.1) is 0 Å². The molecule has 0 spiro atoms. The van der Waals surface area contributed by atoms with Gasteiger partial charge in [0.15, 0.2) is 10.9 Å². The second-order valence-electron chi connectivity index (χ2n) is 6.02. The first-order valence-corrected chi connectivity index (χ1v) is 10.8. The van der Waals surface area contributed by atoms with Crippen molar-refractivity contribution in [1.82, 2.24) is 20.0 Å². The summed E-state index contributed by atoms with van der Waals surface area (Å²) in [4.78, 5) is 2.39. The fraction of sp³-hybridized carbons (Fsp3) is 0.444. The lowest BCUT2D eigenvalue weighted by Crippen LogP contribution is -2.32. The normalized spacial score (nSPS) is 11.0. The first kappa shape index (κ1) is 22.4. The van der Waals surface area contributed by atoms with Crippen molar-refractivity contribution in [3.05, 3.63) is 44.5 Å². The Kier molecular flexibility index (Phi) is 9.32. The summed E-state index contributed by atoms with van der Waals surface area (Å²) >= 11 is 21.1. The minimum absolute atomic E-state index is 0.542. The standard InChI is InChI=1S/C18H24BrCl2N5S/c1-3-25(4-2)9-5-8-22-18(27)23-17-15(19)12-26(24-17)11-13-6-7-14(20)10-16(13)21/h6-7,10,12H,3-5,8-9,11H2,1-2H3,(H2,22,23,24,27). The Hall–Kier alpha value is -0.860. The summed E-state index contributed by atoms with van der Waals surface area (Å²) in [6.45, 7) is 8.91. The molecule has 0 aliphatic rings. The van der Waals surface area contributed by atoms with Crippen LogP contribution in [0.1, 0.15) is 25.8 Å². The van der Waals surface area contributed by atoms with Crippen molar-refractivity contribution in [1.29, 1.82) is 0 Å². The molecule has 0 aliphatic carbocycles. The zero-order chi connectivity index (χ0) is 19.8. The SMILES string of the molecule is CCN(CC)CCCNC(=S)Nc1nn(Cc2ccc(Cl)cc2Cl)cc1Br. The van der Waals surface area contributed by atoms with Crippen LogP contribution in [0.15, 0.2) is 28.9 Å². The van der Waals surface area contributed by atoms with Gasteiger partial charge in [-0.25, -0.2) is 0 Å². The zero-order valence-corrected chi connectivity index (χ0v) is 19.4. The molecule has 9 heteroatoms. The van der Waals surface area contributed by atoms with Crippen LogP contribution >= 0.6 is 51.3 Å². The van der Waals surface area contributed by atoms with Crippen molar-refractivity contribution in [3.63, 3.8) is 0 Å². The Bertz CT molecular complexity index is 764. The van der Waals surface area contributed by atoms with Gasteiger partial charge in [-0.05, 0) is 71.9 Å². The highest BCUT2D eigenvalue weighted by Gasteiger charge is 2.10. The van der Waals surface area contributed by atoms with E-state index in [1.54, 1.807) is 10.7 Å². The first-order chi connectivity index (χ1) is 12.9. The lowest BCUT2D eigenvalue weighted by atomic mass is 10.2. The van der Waals surface area contributed by atoms with E-state index in [0.717, 1.165) is 42.6 Å². The highest BCUT2D eigenvalue weighted by atomic mass is 79.9. The molecule has 0 saturated heterocycles. The third kappa shape index (κ3) is 7.23. The molecular weight excluding hydrogens is 469 g/mol. The third-order valence-corrected chi connectivity index (χ3v) is 5.54. The van der Waals surface area contributed by atoms with Gasteiger partial charge in [0.1, 0.15) is 0 Å². The van der Waals surface area contributed by atoms with Crippen molar-refractivity contribution in [2.75, 3.05) is 31.5 Å². The molecule has 0 radical (unpaired) electrons. The average molecular weight is 493 g/mol. The molecule has 1 heterocycles. The highest BCUT2D eigenvalue weighted by Crippen LogP contribution is 2.24. The van der Waals surface area contributed by atoms with Crippen LogP contribution in [0.25, 0.3) is 0 Å². The molecular formula is C18H24BrCl2N5S. The molecule has 27 heavy (non-hydrogen) atoms. The maximum absolute atomic E-state index is 6.24. The summed E-state index contributed by atoms with van der Waals surface area (Å²) in [5.74, 6) is 0.668. The number of benzene rings is 1. The summed E-state index contributed by atoms with van der Waals surface area (Å²) in [6, 6.07) is 5.45. The summed E-state index contributed by atoms with van der Waals surface area (Å²) < 4.78 is 2.63. The molecule has 0 bridgehead atoms. The zero-order valence-electron chi connectivity index (χ0n) is 15.4. The van der Waals surface area contributed by atoms with Crippen LogP contribution in [0.4, 0.5) is 5.82 Å². The summed E-state index contributed by atoms with van der Waals surface area (Å²) in [6.07, 6.45) is 2.92. The summed E-state index contributed by atoms with van der Waals surface area (Å²) in [7, 11) is 0. The summed E-state index contributed by atoms with van der Waals surface area (Å²) in [5, 5.41) is 12.7. The van der Waals surface area contributed by atoms with Crippen LogP contribution in [-0.4, -0.2) is 46.0 Å². The predicted octanol–water partition coefficient (Wildman–Crippen LogP) is 5.02. The van der Waals surface area contributed by atoms with E-state index in [9.17, 15) is 0 Å². The number of hydrogen-bond acceptors (Lipinski definition) is 3. The van der Waals surface area contributed by atoms with Crippen molar-refractivity contribution >= 4 is 62.3 Å². The maximum atomic E-state index is 6.24. The second-order valence-corrected chi connectivity index (χ2v) is 8.13. The number of rotatable bonds is 9. The van der Waals surface area contributed by atoms with Gasteiger partial charge >= 0.3 is 0 Å². The Morgan fingerprint density at radius 2 is 2.04 bits per heavy atom. The highest BCUT2D eigenvalue weighted by molar-refractivity contribution is 9.10. The Balaban J connectivity index is 1.85. The maximum Gasteiger partial charge on any atom is 0.172 e.